The lowest BCUT2D eigenvalue weighted by Crippen LogP contribution is -2.13. The SMILES string of the molecule is COc1ccc(NC(=O)c2ccc(COC(=O)c3cnc(SC)n3-c3ccccc3)cc2)cc1. The summed E-state index contributed by atoms with van der Waals surface area (Å²) in [6, 6.07) is 23.6. The van der Waals surface area contributed by atoms with Gasteiger partial charge in [-0.15, -0.1) is 0 Å². The second-order valence-electron chi connectivity index (χ2n) is 7.26. The average Bonchev–Trinajstić information content (AvgIpc) is 3.33. The average molecular weight is 474 g/mol. The molecule has 0 bridgehead atoms. The molecule has 0 fully saturated rings. The normalized spacial score (nSPS) is 10.5. The van der Waals surface area contributed by atoms with Crippen molar-refractivity contribution in [3.05, 3.63) is 102 Å². The van der Waals surface area contributed by atoms with Gasteiger partial charge in [0, 0.05) is 16.9 Å². The Kier molecular flexibility index (Phi) is 7.29. The molecule has 3 aromatic carbocycles. The maximum Gasteiger partial charge on any atom is 0.357 e. The number of aromatic nitrogens is 2. The van der Waals surface area contributed by atoms with E-state index in [4.69, 9.17) is 9.47 Å². The van der Waals surface area contributed by atoms with Crippen LogP contribution >= 0.6 is 11.8 Å². The van der Waals surface area contributed by atoms with Crippen LogP contribution in [0.2, 0.25) is 0 Å². The highest BCUT2D eigenvalue weighted by Crippen LogP contribution is 2.22. The molecule has 7 nitrogen and oxygen atoms in total. The van der Waals surface area contributed by atoms with Crippen LogP contribution in [0, 0.1) is 0 Å². The van der Waals surface area contributed by atoms with Crippen molar-refractivity contribution >= 4 is 29.3 Å². The third-order valence-electron chi connectivity index (χ3n) is 5.07. The van der Waals surface area contributed by atoms with Gasteiger partial charge in [-0.25, -0.2) is 9.78 Å². The Bertz CT molecular complexity index is 1270. The smallest absolute Gasteiger partial charge is 0.357 e. The lowest BCUT2D eigenvalue weighted by Gasteiger charge is -2.11. The fourth-order valence-corrected chi connectivity index (χ4v) is 3.85. The molecule has 0 radical (unpaired) electrons. The van der Waals surface area contributed by atoms with E-state index in [-0.39, 0.29) is 12.5 Å². The van der Waals surface area contributed by atoms with Crippen molar-refractivity contribution in [1.29, 1.82) is 0 Å². The number of methoxy groups -OCH3 is 1. The van der Waals surface area contributed by atoms with Crippen LogP contribution in [0.15, 0.2) is 90.2 Å². The van der Waals surface area contributed by atoms with Crippen molar-refractivity contribution in [2.45, 2.75) is 11.8 Å². The van der Waals surface area contributed by atoms with E-state index in [9.17, 15) is 9.59 Å². The van der Waals surface area contributed by atoms with Crippen molar-refractivity contribution < 1.29 is 19.1 Å². The van der Waals surface area contributed by atoms with Crippen LogP contribution in [0.1, 0.15) is 26.4 Å². The molecule has 0 atom stereocenters. The molecule has 1 N–H and O–H groups in total. The van der Waals surface area contributed by atoms with Gasteiger partial charge in [0.05, 0.1) is 13.3 Å². The predicted molar refractivity (Wildman–Crippen MR) is 132 cm³/mol. The Labute approximate surface area is 201 Å². The molecule has 0 saturated carbocycles. The number of para-hydroxylation sites is 1. The molecule has 0 aliphatic heterocycles. The summed E-state index contributed by atoms with van der Waals surface area (Å²) in [5, 5.41) is 3.54. The standard InChI is InChI=1S/C26H23N3O4S/c1-32-22-14-12-20(13-15-22)28-24(30)19-10-8-18(9-11-19)17-33-25(31)23-16-27-26(34-2)29(23)21-6-4-3-5-7-21/h3-16H,17H2,1-2H3,(H,28,30). The first-order chi connectivity index (χ1) is 16.6. The van der Waals surface area contributed by atoms with Gasteiger partial charge in [-0.3, -0.25) is 9.36 Å². The topological polar surface area (TPSA) is 82.4 Å². The molecule has 0 saturated heterocycles. The number of imidazole rings is 1. The zero-order chi connectivity index (χ0) is 23.9. The Balaban J connectivity index is 1.39. The minimum atomic E-state index is -0.474. The lowest BCUT2D eigenvalue weighted by atomic mass is 10.1. The number of carbonyl (C=O) groups is 2. The van der Waals surface area contributed by atoms with Gasteiger partial charge in [-0.1, -0.05) is 42.1 Å². The molecule has 0 unspecified atom stereocenters. The minimum Gasteiger partial charge on any atom is -0.497 e. The van der Waals surface area contributed by atoms with Crippen LogP contribution in [0.25, 0.3) is 5.69 Å². The number of nitrogens with one attached hydrogen (secondary N) is 1. The zero-order valence-corrected chi connectivity index (χ0v) is 19.5. The van der Waals surface area contributed by atoms with Crippen LogP contribution < -0.4 is 10.1 Å². The van der Waals surface area contributed by atoms with Gasteiger partial charge in [-0.05, 0) is 60.4 Å². The molecule has 1 amide bonds. The Morgan fingerprint density at radius 1 is 0.971 bits per heavy atom. The summed E-state index contributed by atoms with van der Waals surface area (Å²) in [7, 11) is 1.59. The summed E-state index contributed by atoms with van der Waals surface area (Å²) in [6.45, 7) is 0.0772. The van der Waals surface area contributed by atoms with Crippen LogP contribution in [-0.4, -0.2) is 34.8 Å². The Morgan fingerprint density at radius 2 is 1.68 bits per heavy atom. The highest BCUT2D eigenvalue weighted by Gasteiger charge is 2.19. The highest BCUT2D eigenvalue weighted by atomic mass is 32.2. The molecule has 8 heteroatoms. The molecular formula is C26H23N3O4S. The fraction of sp³-hybridized carbons (Fsp3) is 0.115. The number of amides is 1. The number of ether oxygens (including phenoxy) is 2. The Morgan fingerprint density at radius 3 is 2.32 bits per heavy atom. The van der Waals surface area contributed by atoms with Crippen molar-refractivity contribution in [1.82, 2.24) is 9.55 Å². The molecule has 1 aromatic heterocycles. The van der Waals surface area contributed by atoms with Crippen LogP contribution in [0.5, 0.6) is 5.75 Å². The first-order valence-electron chi connectivity index (χ1n) is 10.5. The summed E-state index contributed by atoms with van der Waals surface area (Å²) in [4.78, 5) is 29.6. The predicted octanol–water partition coefficient (Wildman–Crippen LogP) is 5.21. The van der Waals surface area contributed by atoms with Crippen LogP contribution in [0.3, 0.4) is 0 Å². The summed E-state index contributed by atoms with van der Waals surface area (Å²) in [5.74, 6) is 0.0106. The molecule has 0 aliphatic rings. The van der Waals surface area contributed by atoms with E-state index in [2.05, 4.69) is 10.3 Å². The first-order valence-corrected chi connectivity index (χ1v) is 11.7. The van der Waals surface area contributed by atoms with Crippen molar-refractivity contribution in [3.8, 4) is 11.4 Å². The van der Waals surface area contributed by atoms with Crippen LogP contribution in [0.4, 0.5) is 5.69 Å². The molecular weight excluding hydrogens is 450 g/mol. The number of benzene rings is 3. The van der Waals surface area contributed by atoms with E-state index >= 15 is 0 Å². The molecule has 0 spiro atoms. The Hall–Kier alpha value is -4.04. The maximum absolute atomic E-state index is 12.8. The molecule has 4 rings (SSSR count). The van der Waals surface area contributed by atoms with E-state index in [1.165, 1.54) is 18.0 Å². The highest BCUT2D eigenvalue weighted by molar-refractivity contribution is 7.98. The largest absolute Gasteiger partial charge is 0.497 e. The molecule has 1 heterocycles. The molecule has 34 heavy (non-hydrogen) atoms. The van der Waals surface area contributed by atoms with Crippen LogP contribution in [-0.2, 0) is 11.3 Å². The summed E-state index contributed by atoms with van der Waals surface area (Å²) in [6.07, 6.45) is 3.43. The summed E-state index contributed by atoms with van der Waals surface area (Å²) >= 11 is 1.45. The number of rotatable bonds is 8. The van der Waals surface area contributed by atoms with Gasteiger partial charge in [0.2, 0.25) is 0 Å². The van der Waals surface area contributed by atoms with Gasteiger partial charge in [0.1, 0.15) is 12.4 Å². The minimum absolute atomic E-state index is 0.0772. The number of hydrogen-bond donors (Lipinski definition) is 1. The van der Waals surface area contributed by atoms with Gasteiger partial charge in [0.15, 0.2) is 10.9 Å². The van der Waals surface area contributed by atoms with Crippen molar-refractivity contribution in [2.75, 3.05) is 18.7 Å². The van der Waals surface area contributed by atoms with E-state index in [0.29, 0.717) is 27.9 Å². The second kappa shape index (κ2) is 10.7. The van der Waals surface area contributed by atoms with E-state index in [0.717, 1.165) is 11.3 Å². The third kappa shape index (κ3) is 5.29. The lowest BCUT2D eigenvalue weighted by molar-refractivity contribution is 0.0462. The number of thioether (sulfide) groups is 1. The number of nitrogens with zero attached hydrogens (tertiary/aromatic N) is 2. The van der Waals surface area contributed by atoms with Gasteiger partial charge >= 0.3 is 5.97 Å². The third-order valence-corrected chi connectivity index (χ3v) is 5.72. The van der Waals surface area contributed by atoms with E-state index in [1.54, 1.807) is 60.2 Å². The van der Waals surface area contributed by atoms with E-state index < -0.39 is 5.97 Å². The number of carbonyl (C=O) groups excluding carboxylic acids is 2. The van der Waals surface area contributed by atoms with Crippen molar-refractivity contribution in [2.24, 2.45) is 0 Å². The summed E-state index contributed by atoms with van der Waals surface area (Å²) in [5.41, 5.74) is 3.13. The first kappa shape index (κ1) is 23.1. The quantitative estimate of drug-likeness (QED) is 0.279. The number of anilines is 1. The van der Waals surface area contributed by atoms with E-state index in [1.807, 2.05) is 36.6 Å². The summed E-state index contributed by atoms with van der Waals surface area (Å²) < 4.78 is 12.4. The molecule has 4 aromatic rings. The molecule has 0 aliphatic carbocycles. The maximum atomic E-state index is 12.8. The second-order valence-corrected chi connectivity index (χ2v) is 8.03. The number of esters is 1. The monoisotopic (exact) mass is 473 g/mol. The van der Waals surface area contributed by atoms with Gasteiger partial charge in [-0.2, -0.15) is 0 Å². The van der Waals surface area contributed by atoms with Gasteiger partial charge < -0.3 is 14.8 Å². The fourth-order valence-electron chi connectivity index (χ4n) is 3.30. The van der Waals surface area contributed by atoms with Gasteiger partial charge in [0.25, 0.3) is 5.91 Å². The number of hydrogen-bond acceptors (Lipinski definition) is 6. The zero-order valence-electron chi connectivity index (χ0n) is 18.7. The molecule has 172 valence electrons. The van der Waals surface area contributed by atoms with Crippen molar-refractivity contribution in [3.63, 3.8) is 0 Å².